The van der Waals surface area contributed by atoms with Gasteiger partial charge in [-0.15, -0.1) is 0 Å². The zero-order chi connectivity index (χ0) is 20.9. The van der Waals surface area contributed by atoms with Crippen LogP contribution in [-0.2, 0) is 9.53 Å². The highest BCUT2D eigenvalue weighted by molar-refractivity contribution is 6.32. The summed E-state index contributed by atoms with van der Waals surface area (Å²) in [6.07, 6.45) is 1.06. The van der Waals surface area contributed by atoms with Crippen LogP contribution in [0.2, 0.25) is 5.02 Å². The molecule has 160 valence electrons. The van der Waals surface area contributed by atoms with Crippen molar-refractivity contribution in [2.24, 2.45) is 0 Å². The van der Waals surface area contributed by atoms with Gasteiger partial charge in [0.15, 0.2) is 0 Å². The predicted molar refractivity (Wildman–Crippen MR) is 118 cm³/mol. The highest BCUT2D eigenvalue weighted by Crippen LogP contribution is 2.31. The van der Waals surface area contributed by atoms with E-state index in [1.54, 1.807) is 19.2 Å². The number of halogens is 1. The zero-order valence-electron chi connectivity index (χ0n) is 17.2. The van der Waals surface area contributed by atoms with Crippen LogP contribution in [0.3, 0.4) is 0 Å². The molecule has 1 amide bonds. The molecule has 0 radical (unpaired) electrons. The first-order valence-electron chi connectivity index (χ1n) is 10.4. The molecule has 2 aliphatic rings. The molecule has 2 aromatic carbocycles. The molecule has 0 saturated carbocycles. The molecule has 0 aromatic heterocycles. The molecule has 6 nitrogen and oxygen atoms in total. The van der Waals surface area contributed by atoms with Gasteiger partial charge in [0.05, 0.1) is 25.3 Å². The topological polar surface area (TPSA) is 54.0 Å². The largest absolute Gasteiger partial charge is 0.495 e. The normalized spacial score (nSPS) is 21.3. The lowest BCUT2D eigenvalue weighted by molar-refractivity contribution is -0.121. The molecule has 0 bridgehead atoms. The number of hydrogen-bond acceptors (Lipinski definition) is 5. The summed E-state index contributed by atoms with van der Waals surface area (Å²) in [5.74, 6) is 0.534. The number of likely N-dealkylation sites (tertiary alicyclic amines) is 1. The van der Waals surface area contributed by atoms with Gasteiger partial charge in [0.1, 0.15) is 11.8 Å². The first-order valence-corrected chi connectivity index (χ1v) is 10.8. The van der Waals surface area contributed by atoms with Crippen LogP contribution in [0.5, 0.6) is 5.75 Å². The Morgan fingerprint density at radius 1 is 1.17 bits per heavy atom. The fraction of sp³-hybridized carbons (Fsp3) is 0.435. The van der Waals surface area contributed by atoms with Crippen LogP contribution >= 0.6 is 11.6 Å². The van der Waals surface area contributed by atoms with Crippen LogP contribution in [0.4, 0.5) is 5.69 Å². The predicted octanol–water partition coefficient (Wildman–Crippen LogP) is 3.43. The van der Waals surface area contributed by atoms with Gasteiger partial charge in [-0.1, -0.05) is 41.9 Å². The Hall–Kier alpha value is -2.12. The maximum Gasteiger partial charge on any atom is 0.246 e. The summed E-state index contributed by atoms with van der Waals surface area (Å²) in [7, 11) is 1.57. The second kappa shape index (κ2) is 9.79. The first kappa shape index (κ1) is 21.1. The average molecular weight is 430 g/mol. The number of nitrogens with one attached hydrogen (secondary N) is 1. The molecule has 2 atom stereocenters. The maximum absolute atomic E-state index is 13.4. The van der Waals surface area contributed by atoms with Crippen molar-refractivity contribution >= 4 is 23.2 Å². The van der Waals surface area contributed by atoms with Crippen LogP contribution in [0.15, 0.2) is 48.5 Å². The zero-order valence-corrected chi connectivity index (χ0v) is 18.0. The third-order valence-corrected chi connectivity index (χ3v) is 6.20. The molecule has 4 rings (SSSR count). The number of hydrogen-bond donors (Lipinski definition) is 1. The lowest BCUT2D eigenvalue weighted by Crippen LogP contribution is -2.45. The minimum absolute atomic E-state index is 0.0509. The summed E-state index contributed by atoms with van der Waals surface area (Å²) in [4.78, 5) is 18.2. The monoisotopic (exact) mass is 429 g/mol. The van der Waals surface area contributed by atoms with Gasteiger partial charge < -0.3 is 14.8 Å². The van der Waals surface area contributed by atoms with Crippen molar-refractivity contribution in [1.82, 2.24) is 9.80 Å². The Labute approximate surface area is 182 Å². The molecule has 0 spiro atoms. The number of methoxy groups -OCH3 is 1. The number of benzene rings is 2. The molecule has 0 aliphatic carbocycles. The maximum atomic E-state index is 13.4. The fourth-order valence-corrected chi connectivity index (χ4v) is 4.62. The van der Waals surface area contributed by atoms with E-state index in [0.29, 0.717) is 22.5 Å². The Bertz CT molecular complexity index is 858. The molecular weight excluding hydrogens is 402 g/mol. The van der Waals surface area contributed by atoms with Gasteiger partial charge in [0.2, 0.25) is 5.91 Å². The molecule has 30 heavy (non-hydrogen) atoms. The molecule has 7 heteroatoms. The Balaban J connectivity index is 1.51. The number of ether oxygens (including phenoxy) is 2. The number of anilines is 1. The van der Waals surface area contributed by atoms with E-state index in [2.05, 4.69) is 15.1 Å². The van der Waals surface area contributed by atoms with Gasteiger partial charge in [-0.25, -0.2) is 0 Å². The van der Waals surface area contributed by atoms with Crippen LogP contribution in [-0.4, -0.2) is 68.3 Å². The number of carbonyl (C=O) groups is 1. The van der Waals surface area contributed by atoms with Gasteiger partial charge >= 0.3 is 0 Å². The smallest absolute Gasteiger partial charge is 0.246 e. The molecule has 2 aromatic rings. The fourth-order valence-electron chi connectivity index (χ4n) is 4.36. The molecule has 2 saturated heterocycles. The number of amides is 1. The molecule has 1 N–H and O–H groups in total. The molecule has 0 unspecified atom stereocenters. The van der Waals surface area contributed by atoms with Gasteiger partial charge in [-0.3, -0.25) is 14.6 Å². The Kier molecular flexibility index (Phi) is 6.89. The lowest BCUT2D eigenvalue weighted by Gasteiger charge is -2.33. The van der Waals surface area contributed by atoms with Gasteiger partial charge in [-0.05, 0) is 30.2 Å². The molecule has 2 heterocycles. The van der Waals surface area contributed by atoms with Crippen molar-refractivity contribution in [2.75, 3.05) is 51.8 Å². The Morgan fingerprint density at radius 3 is 2.63 bits per heavy atom. The second-order valence-corrected chi connectivity index (χ2v) is 8.14. The third-order valence-electron chi connectivity index (χ3n) is 5.91. The molecule has 2 fully saturated rings. The minimum atomic E-state index is -0.349. The molecule has 2 aliphatic heterocycles. The van der Waals surface area contributed by atoms with Crippen LogP contribution in [0.25, 0.3) is 0 Å². The summed E-state index contributed by atoms with van der Waals surface area (Å²) >= 11 is 6.24. The standard InChI is InChI=1S/C23H28ClN3O3/c1-29-21-8-7-18(15-20(21)24)25-23(28)22(17-5-3-2-4-6-17)27-10-9-19(16-27)26-11-13-30-14-12-26/h2-8,15,19,22H,9-14,16H2,1H3,(H,25,28)/t19-,22-/m1/s1. The van der Waals surface area contributed by atoms with Crippen molar-refractivity contribution < 1.29 is 14.3 Å². The quantitative estimate of drug-likeness (QED) is 0.762. The summed E-state index contributed by atoms with van der Waals surface area (Å²) in [5.41, 5.74) is 1.66. The van der Waals surface area contributed by atoms with Crippen molar-refractivity contribution in [3.05, 3.63) is 59.1 Å². The number of nitrogens with zero attached hydrogens (tertiary/aromatic N) is 2. The van der Waals surface area contributed by atoms with Crippen molar-refractivity contribution in [1.29, 1.82) is 0 Å². The average Bonchev–Trinajstić information content (AvgIpc) is 3.25. The van der Waals surface area contributed by atoms with Crippen LogP contribution < -0.4 is 10.1 Å². The van der Waals surface area contributed by atoms with Crippen molar-refractivity contribution in [2.45, 2.75) is 18.5 Å². The van der Waals surface area contributed by atoms with E-state index in [1.165, 1.54) is 0 Å². The van der Waals surface area contributed by atoms with E-state index in [9.17, 15) is 4.79 Å². The van der Waals surface area contributed by atoms with Crippen LogP contribution in [0, 0.1) is 0 Å². The van der Waals surface area contributed by atoms with Crippen LogP contribution in [0.1, 0.15) is 18.0 Å². The first-order chi connectivity index (χ1) is 14.7. The summed E-state index contributed by atoms with van der Waals surface area (Å²) in [6.45, 7) is 5.26. The third kappa shape index (κ3) is 4.78. The minimum Gasteiger partial charge on any atom is -0.495 e. The van der Waals surface area contributed by atoms with Crippen molar-refractivity contribution in [3.8, 4) is 5.75 Å². The second-order valence-electron chi connectivity index (χ2n) is 7.74. The van der Waals surface area contributed by atoms with E-state index < -0.39 is 0 Å². The highest BCUT2D eigenvalue weighted by atomic mass is 35.5. The SMILES string of the molecule is COc1ccc(NC(=O)[C@@H](c2ccccc2)N2CC[C@@H](N3CCOCC3)C2)cc1Cl. The van der Waals surface area contributed by atoms with E-state index in [-0.39, 0.29) is 11.9 Å². The summed E-state index contributed by atoms with van der Waals surface area (Å²) in [6, 6.07) is 15.4. The summed E-state index contributed by atoms with van der Waals surface area (Å²) in [5, 5.41) is 3.52. The van der Waals surface area contributed by atoms with E-state index in [0.717, 1.165) is 51.4 Å². The molecular formula is C23H28ClN3O3. The number of rotatable bonds is 6. The van der Waals surface area contributed by atoms with E-state index >= 15 is 0 Å². The lowest BCUT2D eigenvalue weighted by atomic mass is 10.0. The van der Waals surface area contributed by atoms with Gasteiger partial charge in [-0.2, -0.15) is 0 Å². The van der Waals surface area contributed by atoms with E-state index in [1.807, 2.05) is 36.4 Å². The highest BCUT2D eigenvalue weighted by Gasteiger charge is 2.36. The number of carbonyl (C=O) groups excluding carboxylic acids is 1. The number of morpholine rings is 1. The Morgan fingerprint density at radius 2 is 1.93 bits per heavy atom. The van der Waals surface area contributed by atoms with Gasteiger partial charge in [0.25, 0.3) is 0 Å². The van der Waals surface area contributed by atoms with E-state index in [4.69, 9.17) is 21.1 Å². The summed E-state index contributed by atoms with van der Waals surface area (Å²) < 4.78 is 10.7. The van der Waals surface area contributed by atoms with Gasteiger partial charge in [0, 0.05) is 37.9 Å². The van der Waals surface area contributed by atoms with Crippen molar-refractivity contribution in [3.63, 3.8) is 0 Å².